The molecule has 4 nitrogen and oxygen atoms in total. The second-order valence-electron chi connectivity index (χ2n) is 5.81. The molecule has 1 amide bonds. The zero-order valence-electron chi connectivity index (χ0n) is 12.6. The number of rotatable bonds is 6. The lowest BCUT2D eigenvalue weighted by Gasteiger charge is -2.17. The highest BCUT2D eigenvalue weighted by molar-refractivity contribution is 5.98. The minimum atomic E-state index is -0.937. The lowest BCUT2D eigenvalue weighted by molar-refractivity contribution is -0.122. The predicted molar refractivity (Wildman–Crippen MR) is 78.8 cm³/mol. The van der Waals surface area contributed by atoms with Crippen molar-refractivity contribution in [1.29, 1.82) is 0 Å². The first-order valence-corrected chi connectivity index (χ1v) is 6.78. The van der Waals surface area contributed by atoms with E-state index < -0.39 is 5.60 Å². The Morgan fingerprint density at radius 3 is 2.35 bits per heavy atom. The van der Waals surface area contributed by atoms with Gasteiger partial charge in [0.05, 0.1) is 5.60 Å². The van der Waals surface area contributed by atoms with Crippen LogP contribution in [0, 0.1) is 13.8 Å². The summed E-state index contributed by atoms with van der Waals surface area (Å²) in [5.41, 5.74) is 1.92. The molecule has 0 aromatic heterocycles. The lowest BCUT2D eigenvalue weighted by atomic mass is 10.0. The molecule has 0 aliphatic heterocycles. The van der Waals surface area contributed by atoms with Gasteiger partial charge < -0.3 is 10.4 Å². The third kappa shape index (κ3) is 5.53. The molecule has 0 radical (unpaired) electrons. The van der Waals surface area contributed by atoms with Crippen LogP contribution in [0.25, 0.3) is 0 Å². The van der Waals surface area contributed by atoms with E-state index in [1.165, 1.54) is 0 Å². The number of aliphatic hydroxyl groups is 1. The van der Waals surface area contributed by atoms with Gasteiger partial charge in [0.25, 0.3) is 0 Å². The Balaban J connectivity index is 2.47. The summed E-state index contributed by atoms with van der Waals surface area (Å²) < 4.78 is 0. The fourth-order valence-corrected chi connectivity index (χ4v) is 1.69. The van der Waals surface area contributed by atoms with Gasteiger partial charge in [-0.15, -0.1) is 0 Å². The van der Waals surface area contributed by atoms with Crippen molar-refractivity contribution in [3.63, 3.8) is 0 Å². The van der Waals surface area contributed by atoms with Crippen LogP contribution < -0.4 is 5.32 Å². The minimum absolute atomic E-state index is 0.0356. The Bertz CT molecular complexity index is 501. The van der Waals surface area contributed by atoms with Crippen molar-refractivity contribution in [2.45, 2.75) is 46.1 Å². The van der Waals surface area contributed by atoms with Gasteiger partial charge in [-0.1, -0.05) is 12.1 Å². The van der Waals surface area contributed by atoms with E-state index in [1.54, 1.807) is 19.9 Å². The van der Waals surface area contributed by atoms with Crippen molar-refractivity contribution >= 4 is 11.7 Å². The van der Waals surface area contributed by atoms with E-state index in [1.807, 2.05) is 26.0 Å². The molecule has 0 aliphatic rings. The van der Waals surface area contributed by atoms with Crippen molar-refractivity contribution in [2.75, 3.05) is 6.54 Å². The molecule has 4 heteroatoms. The predicted octanol–water partition coefficient (Wildman–Crippen LogP) is 2.15. The molecule has 20 heavy (non-hydrogen) atoms. The number of benzene rings is 1. The zero-order valence-corrected chi connectivity index (χ0v) is 12.6. The van der Waals surface area contributed by atoms with Crippen LogP contribution in [-0.2, 0) is 4.79 Å². The maximum atomic E-state index is 12.0. The second kappa shape index (κ2) is 6.66. The standard InChI is InChI=1S/C16H23NO3/c1-11-5-6-13(9-12(11)2)14(18)7-8-15(19)17-10-16(3,4)20/h5-6,9,20H,7-8,10H2,1-4H3,(H,17,19). The SMILES string of the molecule is Cc1ccc(C(=O)CCC(=O)NCC(C)(C)O)cc1C. The number of ketones is 1. The van der Waals surface area contributed by atoms with Crippen molar-refractivity contribution in [1.82, 2.24) is 5.32 Å². The van der Waals surface area contributed by atoms with Crippen LogP contribution in [-0.4, -0.2) is 28.9 Å². The summed E-state index contributed by atoms with van der Waals surface area (Å²) in [5, 5.41) is 12.1. The van der Waals surface area contributed by atoms with Gasteiger partial charge in [0.2, 0.25) is 5.91 Å². The first-order chi connectivity index (χ1) is 9.19. The number of Topliss-reactive ketones (excluding diaryl/α,β-unsaturated/α-hetero) is 1. The van der Waals surface area contributed by atoms with Gasteiger partial charge >= 0.3 is 0 Å². The van der Waals surface area contributed by atoms with Gasteiger partial charge in [-0.3, -0.25) is 9.59 Å². The summed E-state index contributed by atoms with van der Waals surface area (Å²) in [6, 6.07) is 5.56. The van der Waals surface area contributed by atoms with Crippen LogP contribution in [0.15, 0.2) is 18.2 Å². The highest BCUT2D eigenvalue weighted by Crippen LogP contribution is 2.12. The Kier molecular flexibility index (Phi) is 5.45. The summed E-state index contributed by atoms with van der Waals surface area (Å²) in [6.07, 6.45) is 0.321. The normalized spacial score (nSPS) is 11.2. The van der Waals surface area contributed by atoms with Gasteiger partial charge in [-0.2, -0.15) is 0 Å². The molecule has 0 unspecified atom stereocenters. The average molecular weight is 277 g/mol. The van der Waals surface area contributed by atoms with E-state index in [0.29, 0.717) is 5.56 Å². The number of hydrogen-bond donors (Lipinski definition) is 2. The smallest absolute Gasteiger partial charge is 0.220 e. The highest BCUT2D eigenvalue weighted by atomic mass is 16.3. The molecule has 0 saturated heterocycles. The molecule has 110 valence electrons. The summed E-state index contributed by atoms with van der Waals surface area (Å²) in [6.45, 7) is 7.38. The van der Waals surface area contributed by atoms with Crippen molar-refractivity contribution in [3.8, 4) is 0 Å². The van der Waals surface area contributed by atoms with Crippen molar-refractivity contribution in [3.05, 3.63) is 34.9 Å². The molecular formula is C16H23NO3. The van der Waals surface area contributed by atoms with Gasteiger partial charge in [-0.25, -0.2) is 0 Å². The number of nitrogens with one attached hydrogen (secondary N) is 1. The number of amides is 1. The molecule has 0 heterocycles. The first kappa shape index (κ1) is 16.4. The fraction of sp³-hybridized carbons (Fsp3) is 0.500. The molecule has 0 saturated carbocycles. The van der Waals surface area contributed by atoms with E-state index in [2.05, 4.69) is 5.32 Å². The Hall–Kier alpha value is -1.68. The molecule has 2 N–H and O–H groups in total. The highest BCUT2D eigenvalue weighted by Gasteiger charge is 2.15. The lowest BCUT2D eigenvalue weighted by Crippen LogP contribution is -2.38. The maximum Gasteiger partial charge on any atom is 0.220 e. The van der Waals surface area contributed by atoms with E-state index >= 15 is 0 Å². The van der Waals surface area contributed by atoms with Gasteiger partial charge in [0.1, 0.15) is 0 Å². The number of carbonyl (C=O) groups excluding carboxylic acids is 2. The van der Waals surface area contributed by atoms with Crippen LogP contribution in [0.2, 0.25) is 0 Å². The number of hydrogen-bond acceptors (Lipinski definition) is 3. The molecule has 0 bridgehead atoms. The van der Waals surface area contributed by atoms with Crippen LogP contribution in [0.3, 0.4) is 0 Å². The molecule has 1 aromatic rings. The van der Waals surface area contributed by atoms with Gasteiger partial charge in [0.15, 0.2) is 5.78 Å². The Labute approximate surface area is 120 Å². The van der Waals surface area contributed by atoms with Crippen molar-refractivity contribution < 1.29 is 14.7 Å². The zero-order chi connectivity index (χ0) is 15.3. The summed E-state index contributed by atoms with van der Waals surface area (Å²) in [7, 11) is 0. The van der Waals surface area contributed by atoms with Crippen LogP contribution in [0.1, 0.15) is 48.2 Å². The summed E-state index contributed by atoms with van der Waals surface area (Å²) in [5.74, 6) is -0.254. The average Bonchev–Trinajstić information content (AvgIpc) is 2.36. The van der Waals surface area contributed by atoms with Crippen LogP contribution >= 0.6 is 0 Å². The molecule has 1 rings (SSSR count). The third-order valence-electron chi connectivity index (χ3n) is 3.13. The van der Waals surface area contributed by atoms with E-state index in [-0.39, 0.29) is 31.1 Å². The van der Waals surface area contributed by atoms with Crippen molar-refractivity contribution in [2.24, 2.45) is 0 Å². The van der Waals surface area contributed by atoms with Crippen LogP contribution in [0.5, 0.6) is 0 Å². The van der Waals surface area contributed by atoms with Gasteiger partial charge in [-0.05, 0) is 44.9 Å². The maximum absolute atomic E-state index is 12.0. The molecule has 1 aromatic carbocycles. The quantitative estimate of drug-likeness (QED) is 0.783. The van der Waals surface area contributed by atoms with E-state index in [4.69, 9.17) is 0 Å². The Morgan fingerprint density at radius 1 is 1.15 bits per heavy atom. The largest absolute Gasteiger partial charge is 0.389 e. The van der Waals surface area contributed by atoms with E-state index in [9.17, 15) is 14.7 Å². The first-order valence-electron chi connectivity index (χ1n) is 6.78. The molecule has 0 aliphatic carbocycles. The topological polar surface area (TPSA) is 66.4 Å². The molecule has 0 atom stereocenters. The molecule has 0 spiro atoms. The van der Waals surface area contributed by atoms with Gasteiger partial charge in [0, 0.05) is 24.9 Å². The summed E-state index contributed by atoms with van der Waals surface area (Å²) >= 11 is 0. The number of carbonyl (C=O) groups is 2. The fourth-order valence-electron chi connectivity index (χ4n) is 1.69. The summed E-state index contributed by atoms with van der Waals surface area (Å²) in [4.78, 5) is 23.6. The number of aryl methyl sites for hydroxylation is 2. The molecular weight excluding hydrogens is 254 g/mol. The Morgan fingerprint density at radius 2 is 1.80 bits per heavy atom. The van der Waals surface area contributed by atoms with E-state index in [0.717, 1.165) is 11.1 Å². The van der Waals surface area contributed by atoms with Crippen LogP contribution in [0.4, 0.5) is 0 Å². The molecule has 0 fully saturated rings. The minimum Gasteiger partial charge on any atom is -0.389 e. The second-order valence-corrected chi connectivity index (χ2v) is 5.81. The third-order valence-corrected chi connectivity index (χ3v) is 3.13. The monoisotopic (exact) mass is 277 g/mol.